The summed E-state index contributed by atoms with van der Waals surface area (Å²) in [5, 5.41) is 3.94. The zero-order valence-corrected chi connectivity index (χ0v) is 21.7. The fraction of sp³-hybridized carbons (Fsp3) is 0.407. The number of fused-ring (bicyclic) bond motifs is 1. The highest BCUT2D eigenvalue weighted by Gasteiger charge is 2.29. The van der Waals surface area contributed by atoms with Crippen LogP contribution in [-0.2, 0) is 21.5 Å². The van der Waals surface area contributed by atoms with Gasteiger partial charge in [-0.1, -0.05) is 37.5 Å². The molecule has 1 fully saturated rings. The van der Waals surface area contributed by atoms with Crippen LogP contribution in [0.1, 0.15) is 60.4 Å². The summed E-state index contributed by atoms with van der Waals surface area (Å²) < 4.78 is 36.1. The van der Waals surface area contributed by atoms with Crippen LogP contribution in [0.4, 0.5) is 0 Å². The molecule has 1 aliphatic carbocycles. The second kappa shape index (κ2) is 10.5. The van der Waals surface area contributed by atoms with Crippen LogP contribution < -0.4 is 10.0 Å². The van der Waals surface area contributed by atoms with E-state index in [1.165, 1.54) is 13.5 Å². The molecule has 0 radical (unpaired) electrons. The third-order valence-electron chi connectivity index (χ3n) is 7.27. The molecule has 1 aromatic carbocycles. The smallest absolute Gasteiger partial charge is 0.304 e. The molecular weight excluding hydrogens is 492 g/mol. The molecule has 2 aromatic heterocycles. The normalized spacial score (nSPS) is 21.1. The van der Waals surface area contributed by atoms with Crippen molar-refractivity contribution in [1.82, 2.24) is 18.9 Å². The molecule has 9 nitrogen and oxygen atoms in total. The van der Waals surface area contributed by atoms with Crippen molar-refractivity contribution >= 4 is 32.9 Å². The van der Waals surface area contributed by atoms with Crippen molar-refractivity contribution in [2.24, 2.45) is 0 Å². The molecule has 37 heavy (non-hydrogen) atoms. The highest BCUT2D eigenvalue weighted by atomic mass is 32.2. The summed E-state index contributed by atoms with van der Waals surface area (Å²) in [4.78, 5) is 26.1. The van der Waals surface area contributed by atoms with E-state index < -0.39 is 16.1 Å². The van der Waals surface area contributed by atoms with Gasteiger partial charge in [0.25, 0.3) is 5.91 Å². The topological polar surface area (TPSA) is 114 Å². The molecule has 3 heterocycles. The fourth-order valence-electron chi connectivity index (χ4n) is 5.38. The third-order valence-corrected chi connectivity index (χ3v) is 8.68. The standard InChI is InChI=1S/C27H32N4O5S/c1-30-14-7-3-6-13-28-24(32)17-31-23-16-20(27(33)29-37(30,34)35)10-11-22(23)25(19-8-4-2-5-9-19)26(31)21-12-15-36-18-21/h3,7,10-12,15-16,18-19H,2,4-6,8-9,13-14,17H2,1H3,(H,28,32)(H,29,33)/b7-3+. The van der Waals surface area contributed by atoms with E-state index in [2.05, 4.69) is 10.0 Å². The summed E-state index contributed by atoms with van der Waals surface area (Å²) in [6, 6.07) is 7.12. The Kier molecular flexibility index (Phi) is 7.21. The molecule has 2 aliphatic rings. The van der Waals surface area contributed by atoms with Gasteiger partial charge in [-0.15, -0.1) is 0 Å². The molecule has 5 rings (SSSR count). The number of aromatic nitrogens is 1. The van der Waals surface area contributed by atoms with Crippen molar-refractivity contribution in [1.29, 1.82) is 0 Å². The molecule has 196 valence electrons. The first kappa shape index (κ1) is 25.3. The Morgan fingerprint density at radius 1 is 1.03 bits per heavy atom. The highest BCUT2D eigenvalue weighted by Crippen LogP contribution is 2.44. The predicted octanol–water partition coefficient (Wildman–Crippen LogP) is 3.93. The molecule has 2 N–H and O–H groups in total. The number of nitrogens with zero attached hydrogens (tertiary/aromatic N) is 2. The van der Waals surface area contributed by atoms with Crippen LogP contribution in [0.25, 0.3) is 22.2 Å². The second-order valence-electron chi connectivity index (χ2n) is 9.75. The van der Waals surface area contributed by atoms with Crippen molar-refractivity contribution in [2.45, 2.75) is 51.0 Å². The number of nitrogens with one attached hydrogen (secondary N) is 2. The van der Waals surface area contributed by atoms with Gasteiger partial charge in [-0.25, -0.2) is 4.72 Å². The van der Waals surface area contributed by atoms with Gasteiger partial charge in [-0.3, -0.25) is 9.59 Å². The third kappa shape index (κ3) is 5.21. The maximum absolute atomic E-state index is 13.1. The lowest BCUT2D eigenvalue weighted by molar-refractivity contribution is -0.121. The minimum Gasteiger partial charge on any atom is -0.472 e. The van der Waals surface area contributed by atoms with Gasteiger partial charge in [0.05, 0.1) is 23.7 Å². The summed E-state index contributed by atoms with van der Waals surface area (Å²) in [6.07, 6.45) is 13.0. The molecule has 2 bridgehead atoms. The van der Waals surface area contributed by atoms with Crippen LogP contribution in [0.15, 0.2) is 53.4 Å². The number of carbonyl (C=O) groups is 2. The van der Waals surface area contributed by atoms with Gasteiger partial charge < -0.3 is 14.3 Å². The first-order valence-electron chi connectivity index (χ1n) is 12.7. The number of amides is 2. The van der Waals surface area contributed by atoms with Gasteiger partial charge in [0.15, 0.2) is 0 Å². The minimum absolute atomic E-state index is 0.0690. The van der Waals surface area contributed by atoms with Gasteiger partial charge in [-0.05, 0) is 48.9 Å². The number of rotatable bonds is 2. The Hall–Kier alpha value is -3.37. The molecule has 0 atom stereocenters. The van der Waals surface area contributed by atoms with E-state index in [9.17, 15) is 18.0 Å². The van der Waals surface area contributed by atoms with Crippen molar-refractivity contribution in [3.05, 3.63) is 60.1 Å². The number of likely N-dealkylation sites (N-methyl/N-ethyl adjacent to an activating group) is 1. The fourth-order valence-corrected chi connectivity index (χ4v) is 6.17. The van der Waals surface area contributed by atoms with Crippen molar-refractivity contribution in [3.63, 3.8) is 0 Å². The number of carbonyl (C=O) groups excluding carboxylic acids is 2. The van der Waals surface area contributed by atoms with Gasteiger partial charge in [-0.2, -0.15) is 12.7 Å². The average Bonchev–Trinajstić information content (AvgIpc) is 3.52. The average molecular weight is 525 g/mol. The Balaban J connectivity index is 1.69. The highest BCUT2D eigenvalue weighted by molar-refractivity contribution is 7.87. The Bertz CT molecular complexity index is 1430. The Morgan fingerprint density at radius 2 is 1.84 bits per heavy atom. The second-order valence-corrected chi connectivity index (χ2v) is 11.5. The van der Waals surface area contributed by atoms with E-state index in [0.29, 0.717) is 18.9 Å². The van der Waals surface area contributed by atoms with Gasteiger partial charge in [0.1, 0.15) is 6.54 Å². The SMILES string of the molecule is CN1C/C=C/CCNC(=O)Cn2c(-c3ccoc3)c(C3CCCCC3)c3ccc(cc32)C(=O)NS1(=O)=O. The van der Waals surface area contributed by atoms with E-state index in [-0.39, 0.29) is 24.6 Å². The number of hydrogen-bond acceptors (Lipinski definition) is 5. The molecule has 1 saturated carbocycles. The quantitative estimate of drug-likeness (QED) is 0.493. The first-order chi connectivity index (χ1) is 17.8. The lowest BCUT2D eigenvalue weighted by Gasteiger charge is -2.23. The number of benzene rings is 1. The van der Waals surface area contributed by atoms with Crippen molar-refractivity contribution in [3.8, 4) is 11.3 Å². The summed E-state index contributed by atoms with van der Waals surface area (Å²) in [5.41, 5.74) is 3.87. The van der Waals surface area contributed by atoms with E-state index in [1.54, 1.807) is 30.7 Å². The van der Waals surface area contributed by atoms with E-state index >= 15 is 0 Å². The van der Waals surface area contributed by atoms with Gasteiger partial charge >= 0.3 is 10.2 Å². The monoisotopic (exact) mass is 524 g/mol. The maximum atomic E-state index is 13.1. The summed E-state index contributed by atoms with van der Waals surface area (Å²) in [6.45, 7) is 0.611. The zero-order chi connectivity index (χ0) is 26.0. The zero-order valence-electron chi connectivity index (χ0n) is 20.9. The minimum atomic E-state index is -4.02. The van der Waals surface area contributed by atoms with Crippen LogP contribution in [0.3, 0.4) is 0 Å². The van der Waals surface area contributed by atoms with E-state index in [1.807, 2.05) is 22.8 Å². The molecule has 0 spiro atoms. The largest absolute Gasteiger partial charge is 0.472 e. The van der Waals surface area contributed by atoms with Crippen LogP contribution in [0, 0.1) is 0 Å². The molecule has 0 saturated heterocycles. The van der Waals surface area contributed by atoms with Gasteiger partial charge in [0.2, 0.25) is 5.91 Å². The first-order valence-corrected chi connectivity index (χ1v) is 14.2. The summed E-state index contributed by atoms with van der Waals surface area (Å²) >= 11 is 0. The van der Waals surface area contributed by atoms with Gasteiger partial charge in [0, 0.05) is 36.7 Å². The molecule has 0 unspecified atom stereocenters. The number of hydrogen-bond donors (Lipinski definition) is 2. The molecule has 10 heteroatoms. The van der Waals surface area contributed by atoms with Crippen LogP contribution >= 0.6 is 0 Å². The molecule has 2 amide bonds. The molecular formula is C27H32N4O5S. The van der Waals surface area contributed by atoms with Crippen LogP contribution in [-0.4, -0.2) is 49.2 Å². The summed E-state index contributed by atoms with van der Waals surface area (Å²) in [5.74, 6) is -0.531. The number of furan rings is 1. The van der Waals surface area contributed by atoms with Crippen LogP contribution in [0.2, 0.25) is 0 Å². The Morgan fingerprint density at radius 3 is 2.59 bits per heavy atom. The predicted molar refractivity (Wildman–Crippen MR) is 141 cm³/mol. The maximum Gasteiger partial charge on any atom is 0.304 e. The lowest BCUT2D eigenvalue weighted by atomic mass is 9.82. The van der Waals surface area contributed by atoms with E-state index in [0.717, 1.165) is 57.7 Å². The van der Waals surface area contributed by atoms with E-state index in [4.69, 9.17) is 4.42 Å². The molecule has 3 aromatic rings. The lowest BCUT2D eigenvalue weighted by Crippen LogP contribution is -2.41. The summed E-state index contributed by atoms with van der Waals surface area (Å²) in [7, 11) is -2.61. The van der Waals surface area contributed by atoms with Crippen molar-refractivity contribution in [2.75, 3.05) is 20.1 Å². The Labute approximate surface area is 216 Å². The van der Waals surface area contributed by atoms with Crippen LogP contribution in [0.5, 0.6) is 0 Å². The molecule has 1 aliphatic heterocycles. The van der Waals surface area contributed by atoms with Crippen molar-refractivity contribution < 1.29 is 22.4 Å².